The fourth-order valence-corrected chi connectivity index (χ4v) is 4.07. The maximum Gasteiger partial charge on any atom is 0.350 e. The molecule has 8 heteroatoms. The van der Waals surface area contributed by atoms with Crippen LogP contribution in [-0.4, -0.2) is 34.1 Å². The molecule has 0 atom stereocenters. The molecule has 1 aromatic heterocycles. The standard InChI is InChI=1S/C24H26N4O4/c1-2-32-23(30)17-11-5-7-13-19(17)26-21(29)15-28-20-14-8-6-12-18(20)22(27-24(28)31)25-16-9-3-4-10-16/h5-8,11-14,16H,2-4,9-10,15H2,1H3,(H,26,29)(H,25,27,31). The molecule has 0 radical (unpaired) electrons. The molecule has 32 heavy (non-hydrogen) atoms. The Morgan fingerprint density at radius 3 is 2.59 bits per heavy atom. The number of anilines is 2. The van der Waals surface area contributed by atoms with Crippen molar-refractivity contribution in [2.75, 3.05) is 17.2 Å². The zero-order chi connectivity index (χ0) is 22.5. The van der Waals surface area contributed by atoms with Crippen LogP contribution in [0.3, 0.4) is 0 Å². The summed E-state index contributed by atoms with van der Waals surface area (Å²) in [6, 6.07) is 14.3. The van der Waals surface area contributed by atoms with Crippen LogP contribution in [0.2, 0.25) is 0 Å². The second kappa shape index (κ2) is 9.64. The molecule has 0 spiro atoms. The lowest BCUT2D eigenvalue weighted by atomic mass is 10.1. The van der Waals surface area contributed by atoms with Gasteiger partial charge in [0.25, 0.3) is 0 Å². The number of ether oxygens (including phenoxy) is 1. The molecular weight excluding hydrogens is 408 g/mol. The van der Waals surface area contributed by atoms with Crippen LogP contribution in [0.5, 0.6) is 0 Å². The van der Waals surface area contributed by atoms with Crippen LogP contribution in [0.25, 0.3) is 10.9 Å². The largest absolute Gasteiger partial charge is 0.462 e. The number of nitrogens with one attached hydrogen (secondary N) is 2. The fourth-order valence-electron chi connectivity index (χ4n) is 4.07. The molecule has 1 heterocycles. The van der Waals surface area contributed by atoms with Crippen molar-refractivity contribution in [2.24, 2.45) is 0 Å². The maximum atomic E-state index is 12.8. The van der Waals surface area contributed by atoms with Gasteiger partial charge in [-0.2, -0.15) is 4.98 Å². The molecule has 4 rings (SSSR count). The summed E-state index contributed by atoms with van der Waals surface area (Å²) in [5, 5.41) is 6.91. The molecule has 1 aliphatic rings. The highest BCUT2D eigenvalue weighted by atomic mass is 16.5. The van der Waals surface area contributed by atoms with Gasteiger partial charge in [-0.3, -0.25) is 9.36 Å². The fraction of sp³-hybridized carbons (Fsp3) is 0.333. The molecule has 166 valence electrons. The van der Waals surface area contributed by atoms with Gasteiger partial charge in [0.1, 0.15) is 12.4 Å². The van der Waals surface area contributed by atoms with Gasteiger partial charge in [-0.15, -0.1) is 0 Å². The topological polar surface area (TPSA) is 102 Å². The van der Waals surface area contributed by atoms with Crippen LogP contribution in [-0.2, 0) is 16.1 Å². The Morgan fingerprint density at radius 2 is 1.81 bits per heavy atom. The lowest BCUT2D eigenvalue weighted by molar-refractivity contribution is -0.116. The van der Waals surface area contributed by atoms with Gasteiger partial charge in [-0.05, 0) is 44.0 Å². The molecule has 8 nitrogen and oxygen atoms in total. The molecular formula is C24H26N4O4. The van der Waals surface area contributed by atoms with E-state index in [1.54, 1.807) is 37.3 Å². The van der Waals surface area contributed by atoms with Gasteiger partial charge in [0.15, 0.2) is 0 Å². The van der Waals surface area contributed by atoms with E-state index >= 15 is 0 Å². The van der Waals surface area contributed by atoms with Crippen LogP contribution in [0, 0.1) is 0 Å². The van der Waals surface area contributed by atoms with Crippen molar-refractivity contribution in [1.29, 1.82) is 0 Å². The van der Waals surface area contributed by atoms with Crippen molar-refractivity contribution in [3.63, 3.8) is 0 Å². The van der Waals surface area contributed by atoms with E-state index in [2.05, 4.69) is 15.6 Å². The summed E-state index contributed by atoms with van der Waals surface area (Å²) in [5.74, 6) is -0.399. The molecule has 1 amide bonds. The van der Waals surface area contributed by atoms with Gasteiger partial charge < -0.3 is 15.4 Å². The first-order valence-corrected chi connectivity index (χ1v) is 10.9. The first-order valence-electron chi connectivity index (χ1n) is 10.9. The predicted molar refractivity (Wildman–Crippen MR) is 123 cm³/mol. The first-order chi connectivity index (χ1) is 15.6. The monoisotopic (exact) mass is 434 g/mol. The van der Waals surface area contributed by atoms with E-state index in [1.807, 2.05) is 18.2 Å². The van der Waals surface area contributed by atoms with E-state index in [1.165, 1.54) is 17.4 Å². The zero-order valence-corrected chi connectivity index (χ0v) is 18.0. The second-order valence-electron chi connectivity index (χ2n) is 7.79. The number of hydrogen-bond donors (Lipinski definition) is 2. The Morgan fingerprint density at radius 1 is 1.09 bits per heavy atom. The number of carbonyl (C=O) groups excluding carboxylic acids is 2. The van der Waals surface area contributed by atoms with E-state index in [0.717, 1.165) is 18.2 Å². The number of rotatable bonds is 7. The zero-order valence-electron chi connectivity index (χ0n) is 18.0. The van der Waals surface area contributed by atoms with Crippen LogP contribution >= 0.6 is 0 Å². The van der Waals surface area contributed by atoms with Gasteiger partial charge in [0.05, 0.1) is 23.4 Å². The summed E-state index contributed by atoms with van der Waals surface area (Å²) in [6.45, 7) is 1.72. The minimum Gasteiger partial charge on any atom is -0.462 e. The minimum absolute atomic E-state index is 0.229. The number of carbonyl (C=O) groups is 2. The molecule has 2 N–H and O–H groups in total. The van der Waals surface area contributed by atoms with Crippen molar-refractivity contribution in [2.45, 2.75) is 45.2 Å². The van der Waals surface area contributed by atoms with Crippen LogP contribution in [0.4, 0.5) is 11.5 Å². The van der Waals surface area contributed by atoms with Gasteiger partial charge in [-0.1, -0.05) is 37.1 Å². The lowest BCUT2D eigenvalue weighted by Crippen LogP contribution is -2.31. The normalized spacial score (nSPS) is 13.8. The number of nitrogens with zero attached hydrogens (tertiary/aromatic N) is 2. The van der Waals surface area contributed by atoms with Gasteiger partial charge in [0, 0.05) is 11.4 Å². The summed E-state index contributed by atoms with van der Waals surface area (Å²) in [6.07, 6.45) is 4.45. The summed E-state index contributed by atoms with van der Waals surface area (Å²) in [7, 11) is 0. The quantitative estimate of drug-likeness (QED) is 0.551. The molecule has 0 aliphatic heterocycles. The highest BCUT2D eigenvalue weighted by Gasteiger charge is 2.19. The third-order valence-electron chi connectivity index (χ3n) is 5.58. The van der Waals surface area contributed by atoms with Crippen LogP contribution < -0.4 is 16.3 Å². The number of para-hydroxylation sites is 2. The van der Waals surface area contributed by atoms with E-state index in [9.17, 15) is 14.4 Å². The van der Waals surface area contributed by atoms with Gasteiger partial charge >= 0.3 is 11.7 Å². The summed E-state index contributed by atoms with van der Waals surface area (Å²) < 4.78 is 6.40. The van der Waals surface area contributed by atoms with Crippen molar-refractivity contribution in [3.8, 4) is 0 Å². The number of esters is 1. The third-order valence-corrected chi connectivity index (χ3v) is 5.58. The Kier molecular flexibility index (Phi) is 6.49. The summed E-state index contributed by atoms with van der Waals surface area (Å²) in [5.41, 5.74) is 0.717. The highest BCUT2D eigenvalue weighted by Crippen LogP contribution is 2.25. The van der Waals surface area contributed by atoms with E-state index < -0.39 is 17.6 Å². The smallest absolute Gasteiger partial charge is 0.350 e. The number of amides is 1. The maximum absolute atomic E-state index is 12.8. The predicted octanol–water partition coefficient (Wildman–Crippen LogP) is 3.57. The van der Waals surface area contributed by atoms with Crippen LogP contribution in [0.15, 0.2) is 53.3 Å². The molecule has 0 unspecified atom stereocenters. The Hall–Kier alpha value is -3.68. The molecule has 1 fully saturated rings. The molecule has 0 saturated heterocycles. The van der Waals surface area contributed by atoms with Crippen molar-refractivity contribution < 1.29 is 14.3 Å². The third kappa shape index (κ3) is 4.64. The van der Waals surface area contributed by atoms with Crippen molar-refractivity contribution in [3.05, 3.63) is 64.6 Å². The molecule has 0 bridgehead atoms. The Balaban J connectivity index is 1.60. The van der Waals surface area contributed by atoms with E-state index in [0.29, 0.717) is 23.1 Å². The van der Waals surface area contributed by atoms with Crippen LogP contribution in [0.1, 0.15) is 43.0 Å². The lowest BCUT2D eigenvalue weighted by Gasteiger charge is -2.17. The molecule has 1 aliphatic carbocycles. The van der Waals surface area contributed by atoms with E-state index in [-0.39, 0.29) is 18.7 Å². The van der Waals surface area contributed by atoms with Gasteiger partial charge in [-0.25, -0.2) is 9.59 Å². The summed E-state index contributed by atoms with van der Waals surface area (Å²) >= 11 is 0. The van der Waals surface area contributed by atoms with Crippen molar-refractivity contribution in [1.82, 2.24) is 9.55 Å². The second-order valence-corrected chi connectivity index (χ2v) is 7.79. The molecule has 3 aromatic rings. The summed E-state index contributed by atoms with van der Waals surface area (Å²) in [4.78, 5) is 42.0. The Bertz CT molecular complexity index is 1200. The average molecular weight is 434 g/mol. The first kappa shape index (κ1) is 21.5. The molecule has 1 saturated carbocycles. The average Bonchev–Trinajstić information content (AvgIpc) is 3.30. The molecule has 2 aromatic carbocycles. The van der Waals surface area contributed by atoms with Crippen molar-refractivity contribution >= 4 is 34.3 Å². The number of fused-ring (bicyclic) bond motifs is 1. The number of aromatic nitrogens is 2. The number of hydrogen-bond acceptors (Lipinski definition) is 6. The minimum atomic E-state index is -0.518. The Labute approximate surface area is 185 Å². The highest BCUT2D eigenvalue weighted by molar-refractivity contribution is 6.01. The number of benzene rings is 2. The van der Waals surface area contributed by atoms with Gasteiger partial charge in [0.2, 0.25) is 5.91 Å². The SMILES string of the molecule is CCOC(=O)c1ccccc1NC(=O)Cn1c(=O)nc(NC2CCCC2)c2ccccc21. The van der Waals surface area contributed by atoms with E-state index in [4.69, 9.17) is 4.74 Å².